The summed E-state index contributed by atoms with van der Waals surface area (Å²) in [5, 5.41) is 17.7. The molecular weight excluding hydrogens is 315 g/mol. The van der Waals surface area contributed by atoms with E-state index in [9.17, 15) is 18.0 Å². The van der Waals surface area contributed by atoms with Gasteiger partial charge in [-0.25, -0.2) is 18.0 Å². The number of benzene rings is 1. The van der Waals surface area contributed by atoms with Crippen molar-refractivity contribution >= 4 is 22.1 Å². The Labute approximate surface area is 142 Å². The Morgan fingerprint density at radius 1 is 1.10 bits per heavy atom. The molecule has 0 aliphatic carbocycles. The Kier molecular flexibility index (Phi) is 7.90. The third kappa shape index (κ3) is 7.44. The maximum Gasteiger partial charge on any atom is 1.00 e. The molecule has 110 valence electrons. The molecule has 0 spiro atoms. The number of aromatic carboxylic acids is 2. The fraction of sp³-hybridized carbons (Fsp3) is 0.182. The first-order valence-corrected chi connectivity index (χ1v) is 6.74. The molecule has 10 heteroatoms. The van der Waals surface area contributed by atoms with Crippen LogP contribution in [0.4, 0.5) is 0 Å². The molecule has 0 heterocycles. The number of hydrogen-bond donors (Lipinski definition) is 3. The van der Waals surface area contributed by atoms with Crippen molar-refractivity contribution in [1.82, 2.24) is 0 Å². The second-order valence-corrected chi connectivity index (χ2v) is 5.04. The number of rotatable bonds is 7. The summed E-state index contributed by atoms with van der Waals surface area (Å²) in [6, 6.07) is 3.20. The summed E-state index contributed by atoms with van der Waals surface area (Å²) < 4.78 is 34.3. The van der Waals surface area contributed by atoms with E-state index in [0.717, 1.165) is 18.2 Å². The summed E-state index contributed by atoms with van der Waals surface area (Å²) in [6.45, 7) is -0.165. The number of hydrogen-bond acceptors (Lipinski definition) is 5. The van der Waals surface area contributed by atoms with Crippen LogP contribution in [0.25, 0.3) is 0 Å². The molecule has 1 rings (SSSR count). The zero-order chi connectivity index (χ0) is 15.3. The fourth-order valence-corrected chi connectivity index (χ4v) is 1.70. The van der Waals surface area contributed by atoms with Crippen molar-refractivity contribution in [1.29, 1.82) is 0 Å². The van der Waals surface area contributed by atoms with Crippen LogP contribution in [0.2, 0.25) is 0 Å². The van der Waals surface area contributed by atoms with Crippen molar-refractivity contribution in [3.05, 3.63) is 35.1 Å². The van der Waals surface area contributed by atoms with E-state index in [0.29, 0.717) is 5.75 Å². The fourth-order valence-electron chi connectivity index (χ4n) is 1.30. The zero-order valence-electron chi connectivity index (χ0n) is 11.0. The maximum absolute atomic E-state index is 10.8. The third-order valence-electron chi connectivity index (χ3n) is 2.12. The monoisotopic (exact) mass is 326 g/mol. The number of ether oxygens (including phenoxy) is 1. The van der Waals surface area contributed by atoms with Gasteiger partial charge in [0.2, 0.25) is 0 Å². The minimum absolute atomic E-state index is 0. The minimum Gasteiger partial charge on any atom is -0.496 e. The molecule has 0 saturated carbocycles. The smallest absolute Gasteiger partial charge is 0.496 e. The van der Waals surface area contributed by atoms with Gasteiger partial charge in [-0.2, -0.15) is 5.75 Å². The number of carboxylic acids is 2. The molecule has 1 aromatic rings. The van der Waals surface area contributed by atoms with E-state index in [1.807, 2.05) is 0 Å². The van der Waals surface area contributed by atoms with Gasteiger partial charge < -0.3 is 19.5 Å². The van der Waals surface area contributed by atoms with Gasteiger partial charge in [-0.1, -0.05) is 0 Å². The Morgan fingerprint density at radius 3 is 1.95 bits per heavy atom. The van der Waals surface area contributed by atoms with Gasteiger partial charge >= 0.3 is 41.5 Å². The topological polar surface area (TPSA) is 138 Å². The van der Waals surface area contributed by atoms with Crippen molar-refractivity contribution in [2.24, 2.45) is 0 Å². The van der Waals surface area contributed by atoms with Crippen LogP contribution in [-0.4, -0.2) is 41.7 Å². The predicted molar refractivity (Wildman–Crippen MR) is 66.3 cm³/mol. The van der Waals surface area contributed by atoms with E-state index in [-0.39, 0.29) is 59.5 Å². The Balaban J connectivity index is 0.00000400. The van der Waals surface area contributed by atoms with Crippen LogP contribution in [-0.2, 0) is 10.1 Å². The SMILES string of the molecule is O=C(O)c1cc(OCC[CH-]S(=O)(=O)O)cc(C(=O)O)c1.[Na+]. The van der Waals surface area contributed by atoms with E-state index < -0.39 is 22.1 Å². The molecule has 0 aliphatic heterocycles. The third-order valence-corrected chi connectivity index (χ3v) is 2.77. The average molecular weight is 326 g/mol. The van der Waals surface area contributed by atoms with Gasteiger partial charge in [0.1, 0.15) is 15.9 Å². The van der Waals surface area contributed by atoms with Gasteiger partial charge in [-0.05, 0) is 18.2 Å². The van der Waals surface area contributed by atoms with E-state index in [2.05, 4.69) is 0 Å². The second kappa shape index (κ2) is 8.35. The van der Waals surface area contributed by atoms with Gasteiger partial charge in [-0.15, -0.1) is 6.42 Å². The molecule has 0 radical (unpaired) electrons. The summed E-state index contributed by atoms with van der Waals surface area (Å²) >= 11 is 0. The normalized spacial score (nSPS) is 10.5. The summed E-state index contributed by atoms with van der Waals surface area (Å²) in [5.41, 5.74) is -0.530. The zero-order valence-corrected chi connectivity index (χ0v) is 13.8. The van der Waals surface area contributed by atoms with E-state index in [4.69, 9.17) is 19.5 Å². The Bertz CT molecular complexity index is 593. The first-order valence-electron chi connectivity index (χ1n) is 5.24. The molecule has 0 bridgehead atoms. The molecule has 0 amide bonds. The number of carbonyl (C=O) groups is 2. The Hall–Kier alpha value is -1.13. The van der Waals surface area contributed by atoms with Crippen LogP contribution < -0.4 is 34.3 Å². The molecule has 21 heavy (non-hydrogen) atoms. The van der Waals surface area contributed by atoms with Crippen LogP contribution in [0, 0.1) is 5.75 Å². The van der Waals surface area contributed by atoms with Crippen LogP contribution in [0.15, 0.2) is 18.2 Å². The molecule has 0 atom stereocenters. The van der Waals surface area contributed by atoms with Crippen molar-refractivity contribution in [3.8, 4) is 5.75 Å². The molecule has 8 nitrogen and oxygen atoms in total. The molecule has 0 saturated heterocycles. The van der Waals surface area contributed by atoms with Crippen molar-refractivity contribution in [2.75, 3.05) is 6.61 Å². The van der Waals surface area contributed by atoms with Gasteiger partial charge in [0.15, 0.2) is 0 Å². The van der Waals surface area contributed by atoms with Crippen LogP contribution in [0.3, 0.4) is 0 Å². The van der Waals surface area contributed by atoms with Crippen molar-refractivity contribution in [2.45, 2.75) is 6.42 Å². The first-order chi connectivity index (χ1) is 9.19. The Morgan fingerprint density at radius 2 is 1.57 bits per heavy atom. The maximum atomic E-state index is 10.8. The summed E-state index contributed by atoms with van der Waals surface area (Å²) in [7, 11) is -4.21. The van der Waals surface area contributed by atoms with Crippen LogP contribution in [0.1, 0.15) is 27.1 Å². The number of carboxylic acid groups (broad SMARTS) is 2. The van der Waals surface area contributed by atoms with E-state index in [1.165, 1.54) is 0 Å². The van der Waals surface area contributed by atoms with Crippen molar-refractivity contribution < 1.29 is 67.1 Å². The molecule has 0 unspecified atom stereocenters. The molecule has 1 aromatic carbocycles. The summed E-state index contributed by atoms with van der Waals surface area (Å²) in [6.07, 6.45) is -0.140. The first kappa shape index (κ1) is 19.9. The predicted octanol–water partition coefficient (Wildman–Crippen LogP) is -2.09. The summed E-state index contributed by atoms with van der Waals surface area (Å²) in [4.78, 5) is 21.6. The molecule has 0 aromatic heterocycles. The molecule has 0 aliphatic rings. The standard InChI is InChI=1S/C11H11O8S.Na/c12-10(13)7-4-8(11(14)15)6-9(5-7)19-2-1-3-20(16,17)18;/h3-6H,1-2H2,(H,12,13)(H,14,15)(H,16,17,18);/q-1;+1. The quantitative estimate of drug-likeness (QED) is 0.224. The largest absolute Gasteiger partial charge is 1.00 e. The van der Waals surface area contributed by atoms with E-state index >= 15 is 0 Å². The van der Waals surface area contributed by atoms with Crippen LogP contribution >= 0.6 is 0 Å². The van der Waals surface area contributed by atoms with Crippen LogP contribution in [0.5, 0.6) is 5.75 Å². The van der Waals surface area contributed by atoms with Gasteiger partial charge in [0.25, 0.3) is 0 Å². The van der Waals surface area contributed by atoms with Crippen molar-refractivity contribution in [3.63, 3.8) is 0 Å². The summed E-state index contributed by atoms with van der Waals surface area (Å²) in [5.74, 6) is -2.04. The van der Waals surface area contributed by atoms with Gasteiger partial charge in [0, 0.05) is 0 Å². The molecule has 0 fully saturated rings. The van der Waals surface area contributed by atoms with E-state index in [1.54, 1.807) is 0 Å². The molecule has 3 N–H and O–H groups in total. The average Bonchev–Trinajstić information content (AvgIpc) is 2.33. The second-order valence-electron chi connectivity index (χ2n) is 3.68. The molecular formula is C11H11NaO8S. The van der Waals surface area contributed by atoms with Gasteiger partial charge in [-0.3, -0.25) is 0 Å². The minimum atomic E-state index is -4.21. The van der Waals surface area contributed by atoms with Gasteiger partial charge in [0.05, 0.1) is 17.7 Å².